The van der Waals surface area contributed by atoms with Crippen LogP contribution in [0.2, 0.25) is 0 Å². The van der Waals surface area contributed by atoms with Gasteiger partial charge in [-0.25, -0.2) is 32.5 Å². The molecule has 5 heterocycles. The predicted molar refractivity (Wildman–Crippen MR) is 342 cm³/mol. The first-order valence-corrected chi connectivity index (χ1v) is 32.6. The Hall–Kier alpha value is -8.98. The smallest absolute Gasteiger partial charge is 0.408 e. The average Bonchev–Trinajstić information content (AvgIpc) is 1.67. The van der Waals surface area contributed by atoms with Gasteiger partial charge in [-0.1, -0.05) is 62.7 Å². The number of anilines is 1. The average molecular weight is 1320 g/mol. The highest BCUT2D eigenvalue weighted by Gasteiger charge is 2.44. The molecule has 24 nitrogen and oxygen atoms in total. The summed E-state index contributed by atoms with van der Waals surface area (Å²) in [4.78, 5) is 141. The van der Waals surface area contributed by atoms with Gasteiger partial charge in [0, 0.05) is 113 Å². The topological polar surface area (TPSA) is 312 Å². The van der Waals surface area contributed by atoms with E-state index in [0.717, 1.165) is 28.7 Å². The largest absolute Gasteiger partial charge is 0.451 e. The van der Waals surface area contributed by atoms with Gasteiger partial charge in [0.15, 0.2) is 11.9 Å². The van der Waals surface area contributed by atoms with Gasteiger partial charge >= 0.3 is 18.1 Å². The summed E-state index contributed by atoms with van der Waals surface area (Å²) in [6.45, 7) is 7.73. The van der Waals surface area contributed by atoms with Gasteiger partial charge < -0.3 is 60.9 Å². The van der Waals surface area contributed by atoms with E-state index in [1.165, 1.54) is 35.8 Å². The molecule has 0 aliphatic carbocycles. The third kappa shape index (κ3) is 20.0. The standard InChI is InChI=1S/C68H86F3N11O13/c1-41(2)60(78-57(84)17-9-6-10-29-81-58(85)24-25-59(81)86)56(83)33-47(15-11-28-74-67(72)91)63(87)76-50-21-18-45(19-22-50)40-94-68(92)75-42(3)64(88)80-30-12-16-55(80)66(90)95-43(4)65(89)82(38-48-35-73-36-53(48)71)61(46-26-31-93-32-27-46)62-77-54(51-34-49(69)20-23-52(51)70)39-79(62)37-44-13-7-5-8-14-44/h5,7-8,13-14,18-25,34,39,41-43,46-48,53,55,60-61,73H,6,9-12,15-17,26-33,35-38,40H2,1-4H3,(H,75,92)(H,76,87)(H,78,84)(H3,72,74,91)/t42-,43+,47-,48+,53+,55+,60+,61-/m1/s1. The van der Waals surface area contributed by atoms with Crippen molar-refractivity contribution in [1.82, 2.24) is 45.5 Å². The number of halogens is 3. The van der Waals surface area contributed by atoms with Gasteiger partial charge in [0.05, 0.1) is 17.8 Å². The van der Waals surface area contributed by atoms with E-state index in [4.69, 9.17) is 24.9 Å². The Morgan fingerprint density at radius 2 is 1.58 bits per heavy atom. The number of ether oxygens (including phenoxy) is 3. The van der Waals surface area contributed by atoms with Gasteiger partial charge in [-0.15, -0.1) is 0 Å². The molecule has 3 aromatic carbocycles. The fourth-order valence-corrected chi connectivity index (χ4v) is 12.4. The van der Waals surface area contributed by atoms with Crippen LogP contribution in [0.3, 0.4) is 0 Å². The van der Waals surface area contributed by atoms with Crippen molar-refractivity contribution in [1.29, 1.82) is 0 Å². The van der Waals surface area contributed by atoms with E-state index in [1.54, 1.807) is 48.9 Å². The van der Waals surface area contributed by atoms with E-state index < -0.39 is 95.7 Å². The van der Waals surface area contributed by atoms with Crippen molar-refractivity contribution in [3.8, 4) is 11.3 Å². The van der Waals surface area contributed by atoms with Crippen LogP contribution < -0.4 is 32.3 Å². The Balaban J connectivity index is 0.864. The fraction of sp³-hybridized carbons (Fsp3) is 0.515. The lowest BCUT2D eigenvalue weighted by atomic mass is 9.88. The molecule has 4 aliphatic rings. The number of alkyl carbamates (subject to hydrolysis) is 1. The monoisotopic (exact) mass is 1320 g/mol. The molecule has 3 saturated heterocycles. The van der Waals surface area contributed by atoms with Crippen molar-refractivity contribution < 1.29 is 75.3 Å². The number of nitrogens with two attached hydrogens (primary N) is 1. The predicted octanol–water partition coefficient (Wildman–Crippen LogP) is 6.56. The molecule has 1 aromatic heterocycles. The molecule has 3 fully saturated rings. The van der Waals surface area contributed by atoms with Crippen molar-refractivity contribution in [2.24, 2.45) is 29.4 Å². The van der Waals surface area contributed by atoms with Crippen molar-refractivity contribution in [3.05, 3.63) is 120 Å². The number of nitrogens with zero attached hydrogens (tertiary/aromatic N) is 5. The minimum atomic E-state index is -1.46. The number of rotatable bonds is 32. The van der Waals surface area contributed by atoms with E-state index in [2.05, 4.69) is 26.6 Å². The minimum Gasteiger partial charge on any atom is -0.451 e. The summed E-state index contributed by atoms with van der Waals surface area (Å²) in [5.41, 5.74) is 6.96. The van der Waals surface area contributed by atoms with Gasteiger partial charge in [0.25, 0.3) is 17.7 Å². The summed E-state index contributed by atoms with van der Waals surface area (Å²) in [7, 11) is 0. The number of carbonyl (C=O) groups excluding carboxylic acids is 10. The molecular formula is C68H86F3N11O13. The Kier molecular flexibility index (Phi) is 26.0. The van der Waals surface area contributed by atoms with Gasteiger partial charge in [-0.05, 0) is 119 Å². The molecule has 8 atom stereocenters. The fourth-order valence-electron chi connectivity index (χ4n) is 12.4. The number of carbonyl (C=O) groups is 10. The quantitative estimate of drug-likeness (QED) is 0.0171. The van der Waals surface area contributed by atoms with E-state index in [0.29, 0.717) is 75.2 Å². The summed E-state index contributed by atoms with van der Waals surface area (Å²) in [6, 6.07) is 13.9. The number of Topliss-reactive ketones (excluding diaryl/α,β-unsaturated/α-hetero) is 1. The number of benzene rings is 3. The number of urea groups is 1. The second-order valence-electron chi connectivity index (χ2n) is 25.0. The number of esters is 1. The zero-order valence-corrected chi connectivity index (χ0v) is 54.0. The maximum atomic E-state index is 15.7. The molecule has 0 unspecified atom stereocenters. The van der Waals surface area contributed by atoms with Crippen LogP contribution in [0.15, 0.2) is 91.1 Å². The molecular weight excluding hydrogens is 1240 g/mol. The highest BCUT2D eigenvalue weighted by molar-refractivity contribution is 6.12. The van der Waals surface area contributed by atoms with Crippen molar-refractivity contribution in [2.75, 3.05) is 57.8 Å². The molecule has 7 N–H and O–H groups in total. The summed E-state index contributed by atoms with van der Waals surface area (Å²) in [6.07, 6.45) is 3.66. The van der Waals surface area contributed by atoms with Crippen LogP contribution >= 0.6 is 0 Å². The summed E-state index contributed by atoms with van der Waals surface area (Å²) in [5, 5.41) is 13.7. The molecule has 9 amide bonds. The molecule has 512 valence electrons. The molecule has 4 aromatic rings. The van der Waals surface area contributed by atoms with Crippen molar-refractivity contribution in [3.63, 3.8) is 0 Å². The first kappa shape index (κ1) is 71.9. The Labute approximate surface area is 550 Å². The molecule has 4 aliphatic heterocycles. The maximum absolute atomic E-state index is 15.7. The number of alkyl halides is 1. The van der Waals surface area contributed by atoms with Crippen LogP contribution in [0, 0.1) is 35.3 Å². The summed E-state index contributed by atoms with van der Waals surface area (Å²) >= 11 is 0. The van der Waals surface area contributed by atoms with Crippen LogP contribution in [0.25, 0.3) is 11.3 Å². The number of hydrogen-bond acceptors (Lipinski definition) is 15. The first-order chi connectivity index (χ1) is 45.5. The zero-order valence-electron chi connectivity index (χ0n) is 54.0. The summed E-state index contributed by atoms with van der Waals surface area (Å²) in [5.74, 6) is -7.40. The second-order valence-corrected chi connectivity index (χ2v) is 25.0. The van der Waals surface area contributed by atoms with Crippen LogP contribution in [0.4, 0.5) is 28.4 Å². The first-order valence-electron chi connectivity index (χ1n) is 32.6. The van der Waals surface area contributed by atoms with Crippen LogP contribution in [0.1, 0.15) is 121 Å². The SMILES string of the molecule is CC(C)[C@H](NC(=O)CCCCCN1C(=O)C=CC1=O)C(=O)C[C@@H](CCCNC(N)=O)C(=O)Nc1ccc(COC(=O)N[C@H](C)C(=O)N2CCC[C@H]2C(=O)O[C@@H](C)C(=O)N(C[C@@H]2CNC[C@@H]2F)[C@@H](c2nc(-c3cc(F)ccc3F)cn2Cc2ccccc2)C2CCOCC2)cc1. The molecule has 95 heavy (non-hydrogen) atoms. The van der Waals surface area contributed by atoms with E-state index in [1.807, 2.05) is 30.3 Å². The van der Waals surface area contributed by atoms with Crippen molar-refractivity contribution >= 4 is 65.0 Å². The number of amides is 9. The number of imide groups is 1. The van der Waals surface area contributed by atoms with Crippen molar-refractivity contribution in [2.45, 2.75) is 148 Å². The number of imidazole rings is 1. The molecule has 8 rings (SSSR count). The number of primary amides is 1. The number of unbranched alkanes of at least 4 members (excludes halogenated alkanes) is 2. The van der Waals surface area contributed by atoms with Gasteiger partial charge in [0.2, 0.25) is 17.7 Å². The minimum absolute atomic E-state index is 0.0587. The van der Waals surface area contributed by atoms with E-state index >= 15 is 13.6 Å². The Morgan fingerprint density at radius 1 is 0.853 bits per heavy atom. The highest BCUT2D eigenvalue weighted by atomic mass is 19.1. The van der Waals surface area contributed by atoms with E-state index in [9.17, 15) is 47.5 Å². The lowest BCUT2D eigenvalue weighted by Gasteiger charge is -2.40. The van der Waals surface area contributed by atoms with Crippen LogP contribution in [-0.4, -0.2) is 166 Å². The maximum Gasteiger partial charge on any atom is 0.408 e. The van der Waals surface area contributed by atoms with E-state index in [-0.39, 0.29) is 125 Å². The Bertz CT molecular complexity index is 3380. The van der Waals surface area contributed by atoms with Gasteiger partial charge in [0.1, 0.15) is 42.3 Å². The third-order valence-corrected chi connectivity index (χ3v) is 17.6. The lowest BCUT2D eigenvalue weighted by Crippen LogP contribution is -2.52. The zero-order chi connectivity index (χ0) is 68.3. The molecule has 27 heteroatoms. The number of likely N-dealkylation sites (tertiary alicyclic amines) is 1. The molecule has 0 saturated carbocycles. The number of nitrogens with one attached hydrogen (secondary N) is 5. The van der Waals surface area contributed by atoms with Gasteiger partial charge in [-0.2, -0.15) is 0 Å². The Morgan fingerprint density at radius 3 is 2.26 bits per heavy atom. The summed E-state index contributed by atoms with van der Waals surface area (Å²) < 4.78 is 65.0. The highest BCUT2D eigenvalue weighted by Crippen LogP contribution is 2.39. The van der Waals surface area contributed by atoms with Crippen LogP contribution in [0.5, 0.6) is 0 Å². The molecule has 0 spiro atoms. The van der Waals surface area contributed by atoms with Gasteiger partial charge in [-0.3, -0.25) is 38.5 Å². The lowest BCUT2D eigenvalue weighted by molar-refractivity contribution is -0.166. The second kappa shape index (κ2) is 34.4. The number of ketones is 1. The molecule has 0 bridgehead atoms. The number of hydrogen-bond donors (Lipinski definition) is 6. The molecule has 0 radical (unpaired) electrons. The third-order valence-electron chi connectivity index (χ3n) is 17.6. The number of aromatic nitrogens is 2. The van der Waals surface area contributed by atoms with Crippen LogP contribution in [-0.2, 0) is 65.7 Å². The normalized spacial score (nSPS) is 18.8.